The summed E-state index contributed by atoms with van der Waals surface area (Å²) in [7, 11) is 2.16. The van der Waals surface area contributed by atoms with Crippen LogP contribution < -0.4 is 5.32 Å². The van der Waals surface area contributed by atoms with Crippen molar-refractivity contribution >= 4 is 6.71 Å². The van der Waals surface area contributed by atoms with Gasteiger partial charge in [0, 0.05) is 0 Å². The normalized spacial score (nSPS) is 66.3. The van der Waals surface area contributed by atoms with Crippen molar-refractivity contribution in [1.29, 1.82) is 0 Å². The molecule has 6 aliphatic rings. The minimum absolute atomic E-state index is 0.848. The maximum Gasteiger partial charge on any atom is 0.152 e. The molecule has 2 heteroatoms. The van der Waals surface area contributed by atoms with Crippen LogP contribution in [-0.2, 0) is 0 Å². The fourth-order valence-electron chi connectivity index (χ4n) is 9.47. The number of hydrogen-bond donors (Lipinski definition) is 1. The molecule has 0 aromatic heterocycles. The lowest BCUT2D eigenvalue weighted by Crippen LogP contribution is -2.62. The van der Waals surface area contributed by atoms with Crippen molar-refractivity contribution in [3.05, 3.63) is 0 Å². The van der Waals surface area contributed by atoms with E-state index >= 15 is 0 Å². The second kappa shape index (κ2) is 3.05. The molecule has 2 aliphatic heterocycles. The summed E-state index contributed by atoms with van der Waals surface area (Å²) in [6, 6.07) is 0. The molecular weight excluding hydrogens is 241 g/mol. The highest BCUT2D eigenvalue weighted by Gasteiger charge is 2.99. The minimum atomic E-state index is 0.848. The number of hydrogen-bond acceptors (Lipinski definition) is 1. The average Bonchev–Trinajstić information content (AvgIpc) is 3.34. The van der Waals surface area contributed by atoms with Crippen LogP contribution in [-0.4, -0.2) is 20.3 Å². The van der Waals surface area contributed by atoms with E-state index < -0.39 is 0 Å². The predicted molar refractivity (Wildman–Crippen MR) is 83.2 cm³/mol. The number of fused-ring (bicyclic) bond motifs is 2. The summed E-state index contributed by atoms with van der Waals surface area (Å²) in [5, 5.41) is 4.33. The van der Waals surface area contributed by atoms with Crippen molar-refractivity contribution in [2.75, 3.05) is 13.6 Å². The Balaban J connectivity index is 1.38. The van der Waals surface area contributed by atoms with Gasteiger partial charge in [0.25, 0.3) is 0 Å². The van der Waals surface area contributed by atoms with Crippen LogP contribution in [0.5, 0.6) is 0 Å². The van der Waals surface area contributed by atoms with Crippen LogP contribution in [0, 0.1) is 28.6 Å². The van der Waals surface area contributed by atoms with E-state index in [2.05, 4.69) is 19.3 Å². The summed E-state index contributed by atoms with van der Waals surface area (Å²) in [4.78, 5) is 0. The van der Waals surface area contributed by atoms with E-state index in [0.717, 1.165) is 22.0 Å². The van der Waals surface area contributed by atoms with Crippen LogP contribution in [0.1, 0.15) is 51.9 Å². The predicted octanol–water partition coefficient (Wildman–Crippen LogP) is 3.84. The average molecular weight is 269 g/mol. The highest BCUT2D eigenvalue weighted by atomic mass is 15.0. The van der Waals surface area contributed by atoms with Crippen molar-refractivity contribution in [3.63, 3.8) is 0 Å². The van der Waals surface area contributed by atoms with Gasteiger partial charge in [-0.25, -0.2) is 0 Å². The van der Waals surface area contributed by atoms with E-state index in [-0.39, 0.29) is 0 Å². The van der Waals surface area contributed by atoms with E-state index in [0.29, 0.717) is 0 Å². The summed E-state index contributed by atoms with van der Waals surface area (Å²) >= 11 is 0. The highest BCUT2D eigenvalue weighted by molar-refractivity contribution is 6.91. The zero-order valence-electron chi connectivity index (χ0n) is 13.1. The largest absolute Gasteiger partial charge is 0.320 e. The first-order valence-electron chi connectivity index (χ1n) is 9.44. The van der Waals surface area contributed by atoms with Gasteiger partial charge >= 0.3 is 0 Å². The molecule has 0 bridgehead atoms. The highest BCUT2D eigenvalue weighted by Crippen LogP contribution is 3.07. The molecule has 4 aliphatic carbocycles. The van der Waals surface area contributed by atoms with Crippen LogP contribution in [0.2, 0.25) is 16.9 Å². The molecule has 0 radical (unpaired) electrons. The van der Waals surface area contributed by atoms with Gasteiger partial charge in [-0.1, -0.05) is 31.4 Å². The Morgan fingerprint density at radius 2 is 2.15 bits per heavy atom. The molecular formula is C18H28BN. The zero-order valence-corrected chi connectivity index (χ0v) is 13.1. The molecule has 0 amide bonds. The van der Waals surface area contributed by atoms with Crippen LogP contribution in [0.15, 0.2) is 0 Å². The maximum atomic E-state index is 3.48. The second-order valence-corrected chi connectivity index (χ2v) is 9.27. The van der Waals surface area contributed by atoms with Crippen LogP contribution >= 0.6 is 0 Å². The molecule has 1 N–H and O–H groups in total. The second-order valence-electron chi connectivity index (χ2n) is 9.27. The molecule has 8 unspecified atom stereocenters. The lowest BCUT2D eigenvalue weighted by molar-refractivity contribution is -0.180. The van der Waals surface area contributed by atoms with Crippen LogP contribution in [0.4, 0.5) is 0 Å². The van der Waals surface area contributed by atoms with Gasteiger partial charge in [-0.05, 0) is 79.6 Å². The molecule has 0 aromatic carbocycles. The molecule has 2 saturated heterocycles. The first-order valence-corrected chi connectivity index (χ1v) is 9.44. The van der Waals surface area contributed by atoms with E-state index in [9.17, 15) is 0 Å². The summed E-state index contributed by atoms with van der Waals surface area (Å²) in [6.45, 7) is 4.89. The Bertz CT molecular complexity index is 490. The summed E-state index contributed by atoms with van der Waals surface area (Å²) in [5.74, 6) is 5.95. The Morgan fingerprint density at radius 3 is 2.85 bits per heavy atom. The third-order valence-electron chi connectivity index (χ3n) is 9.76. The molecule has 4 saturated carbocycles. The smallest absolute Gasteiger partial charge is 0.152 e. The Morgan fingerprint density at radius 1 is 1.30 bits per heavy atom. The third kappa shape index (κ3) is 0.796. The Hall–Kier alpha value is 0.0249. The molecule has 2 heterocycles. The first-order chi connectivity index (χ1) is 9.79. The van der Waals surface area contributed by atoms with Gasteiger partial charge in [0.15, 0.2) is 6.71 Å². The molecule has 6 fully saturated rings. The van der Waals surface area contributed by atoms with Gasteiger partial charge in [-0.3, -0.25) is 0 Å². The SMILES string of the molecule is CCC1B2C1C2(CCNC)C12CCCC3C4CC(C1)C342. The molecule has 20 heavy (non-hydrogen) atoms. The monoisotopic (exact) mass is 269 g/mol. The van der Waals surface area contributed by atoms with Crippen LogP contribution in [0.3, 0.4) is 0 Å². The molecule has 108 valence electrons. The molecule has 8 atom stereocenters. The Kier molecular flexibility index (Phi) is 1.76. The molecule has 6 rings (SSSR count). The lowest BCUT2D eigenvalue weighted by atomic mass is 9.30. The fraction of sp³-hybridized carbons (Fsp3) is 1.00. The van der Waals surface area contributed by atoms with Gasteiger partial charge in [0.1, 0.15) is 0 Å². The fourth-order valence-corrected chi connectivity index (χ4v) is 9.47. The van der Waals surface area contributed by atoms with E-state index in [1.807, 2.05) is 0 Å². The van der Waals surface area contributed by atoms with E-state index in [1.165, 1.54) is 49.7 Å². The minimum Gasteiger partial charge on any atom is -0.320 e. The molecule has 0 aromatic rings. The van der Waals surface area contributed by atoms with Gasteiger partial charge in [0.05, 0.1) is 0 Å². The van der Waals surface area contributed by atoms with E-state index in [1.54, 1.807) is 32.1 Å². The van der Waals surface area contributed by atoms with E-state index in [4.69, 9.17) is 0 Å². The van der Waals surface area contributed by atoms with Gasteiger partial charge in [-0.2, -0.15) is 0 Å². The zero-order chi connectivity index (χ0) is 13.3. The number of nitrogens with one attached hydrogen (secondary N) is 1. The Labute approximate surface area is 123 Å². The van der Waals surface area contributed by atoms with Crippen LogP contribution in [0.25, 0.3) is 0 Å². The van der Waals surface area contributed by atoms with Gasteiger partial charge in [0.2, 0.25) is 0 Å². The van der Waals surface area contributed by atoms with Crippen molar-refractivity contribution in [2.24, 2.45) is 28.6 Å². The lowest BCUT2D eigenvalue weighted by Gasteiger charge is -2.70. The standard InChI is InChI=1S/C18H28BN/c1-3-14-15-17(19(14)15,7-8-20-2)16-6-4-5-12-13-9-11(10-16)18(12,13)16/h11-15,20H,3-10H2,1-2H3. The third-order valence-corrected chi connectivity index (χ3v) is 9.76. The van der Waals surface area contributed by atoms with Crippen molar-refractivity contribution in [1.82, 2.24) is 5.32 Å². The topological polar surface area (TPSA) is 12.0 Å². The summed E-state index contributed by atoms with van der Waals surface area (Å²) in [5.41, 5.74) is 1.82. The molecule has 1 spiro atoms. The van der Waals surface area contributed by atoms with Gasteiger partial charge in [-0.15, -0.1) is 0 Å². The maximum absolute atomic E-state index is 3.48. The summed E-state index contributed by atoms with van der Waals surface area (Å²) in [6.07, 6.45) is 11.1. The van der Waals surface area contributed by atoms with Crippen molar-refractivity contribution < 1.29 is 0 Å². The van der Waals surface area contributed by atoms with Gasteiger partial charge < -0.3 is 5.32 Å². The summed E-state index contributed by atoms with van der Waals surface area (Å²) < 4.78 is 0. The van der Waals surface area contributed by atoms with Crippen molar-refractivity contribution in [3.8, 4) is 0 Å². The number of rotatable bonds is 5. The first kappa shape index (κ1) is 11.6. The van der Waals surface area contributed by atoms with Crippen molar-refractivity contribution in [2.45, 2.75) is 68.8 Å². The molecule has 1 nitrogen and oxygen atoms in total. The quantitative estimate of drug-likeness (QED) is 0.748.